The molecule has 0 amide bonds. The molecule has 1 nitrogen and oxygen atoms in total. The quantitative estimate of drug-likeness (QED) is 0.439. The zero-order valence-electron chi connectivity index (χ0n) is 5.65. The molecule has 0 rings (SSSR count). The van der Waals surface area contributed by atoms with Gasteiger partial charge in [0.15, 0.2) is 0 Å². The van der Waals surface area contributed by atoms with Crippen LogP contribution in [0.25, 0.3) is 0 Å². The van der Waals surface area contributed by atoms with E-state index in [4.69, 9.17) is 0 Å². The van der Waals surface area contributed by atoms with E-state index in [0.717, 1.165) is 0 Å². The third kappa shape index (κ3) is 4.47. The third-order valence-corrected chi connectivity index (χ3v) is 1.68. The zero-order chi connectivity index (χ0) is 6.41. The van der Waals surface area contributed by atoms with Crippen LogP contribution in [-0.2, 0) is 0 Å². The lowest BCUT2D eigenvalue weighted by atomic mass is 10.2. The Balaban J connectivity index is 2.86. The summed E-state index contributed by atoms with van der Waals surface area (Å²) in [7, 11) is 1.94. The summed E-state index contributed by atoms with van der Waals surface area (Å²) in [6.07, 6.45) is 3.71. The van der Waals surface area contributed by atoms with Gasteiger partial charge in [0.25, 0.3) is 0 Å². The molecule has 0 aliphatic rings. The third-order valence-electron chi connectivity index (χ3n) is 1.16. The lowest BCUT2D eigenvalue weighted by molar-refractivity contribution is 0.633. The first-order valence-corrected chi connectivity index (χ1v) is 3.68. The van der Waals surface area contributed by atoms with Gasteiger partial charge in [-0.05, 0) is 13.5 Å². The molecule has 8 heavy (non-hydrogen) atoms. The van der Waals surface area contributed by atoms with Crippen LogP contribution >= 0.6 is 12.6 Å². The molecule has 0 fully saturated rings. The van der Waals surface area contributed by atoms with E-state index in [-0.39, 0.29) is 0 Å². The number of rotatable bonds is 4. The summed E-state index contributed by atoms with van der Waals surface area (Å²) in [5, 5.41) is 3.46. The first kappa shape index (κ1) is 8.31. The van der Waals surface area contributed by atoms with Crippen molar-refractivity contribution in [3.8, 4) is 0 Å². The van der Waals surface area contributed by atoms with Crippen LogP contribution < -0.4 is 5.32 Å². The Morgan fingerprint density at radius 1 is 1.62 bits per heavy atom. The molecular weight excluding hydrogens is 118 g/mol. The van der Waals surface area contributed by atoms with Crippen molar-refractivity contribution in [2.24, 2.45) is 0 Å². The molecule has 0 aromatic heterocycles. The van der Waals surface area contributed by atoms with Gasteiger partial charge < -0.3 is 5.32 Å². The Labute approximate surface area is 57.3 Å². The molecule has 0 saturated heterocycles. The first-order chi connectivity index (χ1) is 3.81. The van der Waals surface area contributed by atoms with Crippen LogP contribution in [-0.4, -0.2) is 12.4 Å². The molecule has 0 bridgehead atoms. The van der Waals surface area contributed by atoms with Crippen LogP contribution in [0.3, 0.4) is 0 Å². The fraction of sp³-hybridized carbons (Fsp3) is 1.00. The monoisotopic (exact) mass is 133 g/mol. The summed E-state index contributed by atoms with van der Waals surface area (Å²) >= 11 is 4.25. The van der Waals surface area contributed by atoms with E-state index in [9.17, 15) is 0 Å². The average molecular weight is 133 g/mol. The summed E-state index contributed by atoms with van der Waals surface area (Å²) in [6, 6.07) is 0. The van der Waals surface area contributed by atoms with Crippen molar-refractivity contribution < 1.29 is 0 Å². The number of unbranched alkanes of at least 4 members (excludes halogenated alkanes) is 1. The van der Waals surface area contributed by atoms with Gasteiger partial charge in [-0.25, -0.2) is 0 Å². The molecule has 0 saturated carbocycles. The van der Waals surface area contributed by atoms with E-state index in [1.54, 1.807) is 0 Å². The first-order valence-electron chi connectivity index (χ1n) is 3.16. The Kier molecular flexibility index (Phi) is 5.66. The molecule has 0 aromatic carbocycles. The summed E-state index contributed by atoms with van der Waals surface area (Å²) in [5.41, 5.74) is 0. The molecule has 0 aliphatic heterocycles. The summed E-state index contributed by atoms with van der Waals surface area (Å²) in [4.78, 5) is 0. The van der Waals surface area contributed by atoms with Crippen LogP contribution in [0.15, 0.2) is 0 Å². The highest BCUT2D eigenvalue weighted by atomic mass is 32.1. The van der Waals surface area contributed by atoms with Crippen molar-refractivity contribution in [2.75, 3.05) is 7.05 Å². The van der Waals surface area contributed by atoms with E-state index < -0.39 is 0 Å². The zero-order valence-corrected chi connectivity index (χ0v) is 6.54. The lowest BCUT2D eigenvalue weighted by Crippen LogP contribution is -2.17. The van der Waals surface area contributed by atoms with Crippen LogP contribution in [0.4, 0.5) is 0 Å². The Bertz CT molecular complexity index is 47.8. The highest BCUT2D eigenvalue weighted by molar-refractivity contribution is 7.80. The minimum Gasteiger partial charge on any atom is -0.309 e. The van der Waals surface area contributed by atoms with Crippen molar-refractivity contribution in [1.29, 1.82) is 0 Å². The van der Waals surface area contributed by atoms with E-state index in [1.165, 1.54) is 19.3 Å². The molecule has 0 aliphatic carbocycles. The van der Waals surface area contributed by atoms with E-state index in [2.05, 4.69) is 24.9 Å². The summed E-state index contributed by atoms with van der Waals surface area (Å²) in [5.74, 6) is 0. The van der Waals surface area contributed by atoms with Crippen molar-refractivity contribution in [3.63, 3.8) is 0 Å². The smallest absolute Gasteiger partial charge is 0.0499 e. The van der Waals surface area contributed by atoms with Crippen molar-refractivity contribution in [1.82, 2.24) is 5.32 Å². The number of hydrogen-bond donors (Lipinski definition) is 2. The molecule has 0 heterocycles. The largest absolute Gasteiger partial charge is 0.309 e. The van der Waals surface area contributed by atoms with Gasteiger partial charge in [-0.1, -0.05) is 19.8 Å². The molecule has 0 aromatic rings. The topological polar surface area (TPSA) is 12.0 Å². The fourth-order valence-electron chi connectivity index (χ4n) is 0.542. The van der Waals surface area contributed by atoms with Crippen molar-refractivity contribution >= 4 is 12.6 Å². The standard InChI is InChI=1S/C6H15NS/c1-3-4-5-6(8)7-2/h6-8H,3-5H2,1-2H3/t6-/m0/s1. The van der Waals surface area contributed by atoms with Crippen LogP contribution in [0, 0.1) is 0 Å². The fourth-order valence-corrected chi connectivity index (χ4v) is 0.724. The molecule has 1 N–H and O–H groups in total. The van der Waals surface area contributed by atoms with Crippen molar-refractivity contribution in [3.05, 3.63) is 0 Å². The average Bonchev–Trinajstić information content (AvgIpc) is 1.83. The maximum absolute atomic E-state index is 4.25. The van der Waals surface area contributed by atoms with Gasteiger partial charge in [0.1, 0.15) is 0 Å². The lowest BCUT2D eigenvalue weighted by Gasteiger charge is -2.05. The maximum Gasteiger partial charge on any atom is 0.0499 e. The number of hydrogen-bond acceptors (Lipinski definition) is 2. The number of thiol groups is 1. The summed E-state index contributed by atoms with van der Waals surface area (Å²) < 4.78 is 0. The molecule has 0 unspecified atom stereocenters. The van der Waals surface area contributed by atoms with Gasteiger partial charge >= 0.3 is 0 Å². The second-order valence-electron chi connectivity index (χ2n) is 1.95. The minimum absolute atomic E-state index is 0.398. The van der Waals surface area contributed by atoms with Gasteiger partial charge in [-0.2, -0.15) is 12.6 Å². The molecule has 50 valence electrons. The van der Waals surface area contributed by atoms with E-state index in [1.807, 2.05) is 7.05 Å². The van der Waals surface area contributed by atoms with E-state index in [0.29, 0.717) is 5.37 Å². The molecule has 2 heteroatoms. The predicted molar refractivity (Wildman–Crippen MR) is 41.4 cm³/mol. The van der Waals surface area contributed by atoms with Crippen LogP contribution in [0.5, 0.6) is 0 Å². The normalized spacial score (nSPS) is 13.9. The van der Waals surface area contributed by atoms with E-state index >= 15 is 0 Å². The van der Waals surface area contributed by atoms with Gasteiger partial charge in [0.2, 0.25) is 0 Å². The Morgan fingerprint density at radius 3 is 2.62 bits per heavy atom. The van der Waals surface area contributed by atoms with Crippen LogP contribution in [0.1, 0.15) is 26.2 Å². The predicted octanol–water partition coefficient (Wildman–Crippen LogP) is 1.65. The number of nitrogens with one attached hydrogen (secondary N) is 1. The van der Waals surface area contributed by atoms with Crippen molar-refractivity contribution in [2.45, 2.75) is 31.6 Å². The Morgan fingerprint density at radius 2 is 2.25 bits per heavy atom. The second-order valence-corrected chi connectivity index (χ2v) is 2.57. The SMILES string of the molecule is CCCC[C@H](S)NC. The Hall–Kier alpha value is 0.310. The molecule has 1 atom stereocenters. The van der Waals surface area contributed by atoms with Gasteiger partial charge in [-0.3, -0.25) is 0 Å². The van der Waals surface area contributed by atoms with Gasteiger partial charge in [0.05, 0.1) is 0 Å². The molecular formula is C6H15NS. The highest BCUT2D eigenvalue weighted by Gasteiger charge is 1.94. The van der Waals surface area contributed by atoms with Crippen LogP contribution in [0.2, 0.25) is 0 Å². The van der Waals surface area contributed by atoms with Gasteiger partial charge in [0, 0.05) is 5.37 Å². The maximum atomic E-state index is 4.25. The molecule has 0 spiro atoms. The molecule has 0 radical (unpaired) electrons. The highest BCUT2D eigenvalue weighted by Crippen LogP contribution is 2.01. The summed E-state index contributed by atoms with van der Waals surface area (Å²) in [6.45, 7) is 2.19. The van der Waals surface area contributed by atoms with Gasteiger partial charge in [-0.15, -0.1) is 0 Å². The second kappa shape index (κ2) is 5.45. The minimum atomic E-state index is 0.398.